The number of carbonyl (C=O) groups excluding carboxylic acids is 1. The minimum absolute atomic E-state index is 0.111. The molecule has 3 aromatic rings. The van der Waals surface area contributed by atoms with Crippen molar-refractivity contribution < 1.29 is 9.32 Å². The van der Waals surface area contributed by atoms with Crippen LogP contribution < -0.4 is 5.32 Å². The Bertz CT molecular complexity index is 842. The van der Waals surface area contributed by atoms with Gasteiger partial charge in [-0.1, -0.05) is 39.3 Å². The molecule has 0 atom stereocenters. The summed E-state index contributed by atoms with van der Waals surface area (Å²) in [7, 11) is 0. The van der Waals surface area contributed by atoms with Crippen LogP contribution in [-0.2, 0) is 24.3 Å². The van der Waals surface area contributed by atoms with Crippen LogP contribution in [0, 0.1) is 0 Å². The van der Waals surface area contributed by atoms with E-state index in [-0.39, 0.29) is 18.9 Å². The van der Waals surface area contributed by atoms with Gasteiger partial charge in [-0.25, -0.2) is 0 Å². The lowest BCUT2D eigenvalue weighted by atomic mass is 10.1. The van der Waals surface area contributed by atoms with Crippen LogP contribution in [0.4, 0.5) is 0 Å². The minimum Gasteiger partial charge on any atom is -0.347 e. The number of halogens is 1. The van der Waals surface area contributed by atoms with E-state index in [0.29, 0.717) is 11.7 Å². The molecule has 0 saturated carbocycles. The summed E-state index contributed by atoms with van der Waals surface area (Å²) in [6, 6.07) is 7.61. The fraction of sp³-hybridized carbons (Fsp3) is 0.250. The molecule has 7 nitrogen and oxygen atoms in total. The van der Waals surface area contributed by atoms with E-state index in [2.05, 4.69) is 36.5 Å². The third-order valence-corrected chi connectivity index (χ3v) is 4.20. The lowest BCUT2D eigenvalue weighted by molar-refractivity contribution is -0.120. The predicted octanol–water partition coefficient (Wildman–Crippen LogP) is 2.57. The van der Waals surface area contributed by atoms with Crippen molar-refractivity contribution in [3.8, 4) is 11.4 Å². The molecule has 0 aliphatic rings. The Hall–Kier alpha value is -2.48. The molecule has 1 N–H and O–H groups in total. The topological polar surface area (TPSA) is 85.8 Å². The summed E-state index contributed by atoms with van der Waals surface area (Å²) < 4.78 is 7.86. The van der Waals surface area contributed by atoms with Gasteiger partial charge in [0.2, 0.25) is 17.6 Å². The van der Waals surface area contributed by atoms with Gasteiger partial charge in [0.1, 0.15) is 0 Å². The molecule has 2 aromatic heterocycles. The Balaban J connectivity index is 1.57. The highest BCUT2D eigenvalue weighted by molar-refractivity contribution is 9.10. The summed E-state index contributed by atoms with van der Waals surface area (Å²) in [6.45, 7) is 2.97. The number of benzene rings is 1. The Labute approximate surface area is 147 Å². The van der Waals surface area contributed by atoms with Gasteiger partial charge in [-0.2, -0.15) is 10.1 Å². The van der Waals surface area contributed by atoms with Gasteiger partial charge in [0, 0.05) is 17.2 Å². The lowest BCUT2D eigenvalue weighted by Gasteiger charge is -2.04. The average molecular weight is 390 g/mol. The van der Waals surface area contributed by atoms with Crippen molar-refractivity contribution >= 4 is 21.8 Å². The van der Waals surface area contributed by atoms with E-state index in [1.165, 1.54) is 0 Å². The van der Waals surface area contributed by atoms with Crippen molar-refractivity contribution in [3.05, 3.63) is 52.6 Å². The first-order valence-corrected chi connectivity index (χ1v) is 8.30. The molecule has 0 radical (unpaired) electrons. The first kappa shape index (κ1) is 16.4. The summed E-state index contributed by atoms with van der Waals surface area (Å²) in [5.74, 6) is 0.708. The Morgan fingerprint density at radius 1 is 1.38 bits per heavy atom. The fourth-order valence-electron chi connectivity index (χ4n) is 2.15. The smallest absolute Gasteiger partial charge is 0.246 e. The number of nitrogens with one attached hydrogen (secondary N) is 1. The molecule has 0 unspecified atom stereocenters. The van der Waals surface area contributed by atoms with Crippen molar-refractivity contribution in [2.45, 2.75) is 26.4 Å². The van der Waals surface area contributed by atoms with Crippen LogP contribution in [0.3, 0.4) is 0 Å². The van der Waals surface area contributed by atoms with Crippen molar-refractivity contribution in [1.29, 1.82) is 0 Å². The van der Waals surface area contributed by atoms with E-state index in [9.17, 15) is 4.79 Å². The first-order chi connectivity index (χ1) is 11.7. The molecule has 2 heterocycles. The van der Waals surface area contributed by atoms with Crippen LogP contribution in [0.1, 0.15) is 18.4 Å². The second kappa shape index (κ2) is 7.39. The zero-order chi connectivity index (χ0) is 16.9. The van der Waals surface area contributed by atoms with Crippen LogP contribution in [-0.4, -0.2) is 25.8 Å². The highest BCUT2D eigenvalue weighted by Crippen LogP contribution is 2.17. The molecule has 1 amide bonds. The molecule has 24 heavy (non-hydrogen) atoms. The summed E-state index contributed by atoms with van der Waals surface area (Å²) in [4.78, 5) is 16.3. The molecule has 8 heteroatoms. The molecule has 1 aromatic carbocycles. The van der Waals surface area contributed by atoms with E-state index in [1.807, 2.05) is 37.4 Å². The molecule has 0 aliphatic carbocycles. The number of hydrogen-bond donors (Lipinski definition) is 1. The second-order valence-electron chi connectivity index (χ2n) is 5.14. The number of aryl methyl sites for hydroxylation is 1. The molecule has 0 aliphatic heterocycles. The second-order valence-corrected chi connectivity index (χ2v) is 6.00. The van der Waals surface area contributed by atoms with Gasteiger partial charge in [0.15, 0.2) is 0 Å². The predicted molar refractivity (Wildman–Crippen MR) is 90.9 cm³/mol. The van der Waals surface area contributed by atoms with Crippen LogP contribution in [0.15, 0.2) is 45.7 Å². The van der Waals surface area contributed by atoms with Gasteiger partial charge in [0.25, 0.3) is 0 Å². The third kappa shape index (κ3) is 3.88. The molecule has 0 bridgehead atoms. The van der Waals surface area contributed by atoms with E-state index in [0.717, 1.165) is 22.1 Å². The normalized spacial score (nSPS) is 10.8. The van der Waals surface area contributed by atoms with E-state index >= 15 is 0 Å². The van der Waals surface area contributed by atoms with Gasteiger partial charge >= 0.3 is 0 Å². The number of carbonyl (C=O) groups is 1. The van der Waals surface area contributed by atoms with Crippen LogP contribution in [0.2, 0.25) is 0 Å². The number of nitrogens with zero attached hydrogens (tertiary/aromatic N) is 4. The minimum atomic E-state index is -0.111. The maximum Gasteiger partial charge on any atom is 0.246 e. The Morgan fingerprint density at radius 3 is 2.96 bits per heavy atom. The summed E-state index contributed by atoms with van der Waals surface area (Å²) in [6.07, 6.45) is 3.81. The van der Waals surface area contributed by atoms with Crippen molar-refractivity contribution in [3.63, 3.8) is 0 Å². The fourth-order valence-corrected chi connectivity index (χ4v) is 2.57. The molecular weight excluding hydrogens is 374 g/mol. The zero-order valence-electron chi connectivity index (χ0n) is 13.1. The molecule has 0 spiro atoms. The maximum absolute atomic E-state index is 12.0. The SMILES string of the molecule is CCn1cc(-c2noc(CNC(=O)Cc3ccccc3Br)n2)cn1. The summed E-state index contributed by atoms with van der Waals surface area (Å²) in [5, 5.41) is 10.9. The monoisotopic (exact) mass is 389 g/mol. The van der Waals surface area contributed by atoms with E-state index in [4.69, 9.17) is 4.52 Å². The number of rotatable bonds is 6. The zero-order valence-corrected chi connectivity index (χ0v) is 14.7. The molecule has 124 valence electrons. The van der Waals surface area contributed by atoms with Gasteiger partial charge in [-0.15, -0.1) is 0 Å². The first-order valence-electron chi connectivity index (χ1n) is 7.51. The van der Waals surface area contributed by atoms with Crippen molar-refractivity contribution in [2.24, 2.45) is 0 Å². The maximum atomic E-state index is 12.0. The Morgan fingerprint density at radius 2 is 2.21 bits per heavy atom. The van der Waals surface area contributed by atoms with Gasteiger partial charge in [0.05, 0.1) is 24.7 Å². The largest absolute Gasteiger partial charge is 0.347 e. The number of amides is 1. The van der Waals surface area contributed by atoms with Crippen LogP contribution >= 0.6 is 15.9 Å². The van der Waals surface area contributed by atoms with Crippen LogP contribution in [0.25, 0.3) is 11.4 Å². The number of aromatic nitrogens is 4. The summed E-state index contributed by atoms with van der Waals surface area (Å²) in [5.41, 5.74) is 1.71. The van der Waals surface area contributed by atoms with E-state index in [1.54, 1.807) is 10.9 Å². The number of hydrogen-bond acceptors (Lipinski definition) is 5. The van der Waals surface area contributed by atoms with Crippen molar-refractivity contribution in [2.75, 3.05) is 0 Å². The quantitative estimate of drug-likeness (QED) is 0.699. The molecule has 0 saturated heterocycles. The highest BCUT2D eigenvalue weighted by Gasteiger charge is 2.12. The summed E-state index contributed by atoms with van der Waals surface area (Å²) >= 11 is 3.43. The van der Waals surface area contributed by atoms with Gasteiger partial charge in [-0.05, 0) is 18.6 Å². The van der Waals surface area contributed by atoms with Gasteiger partial charge < -0.3 is 9.84 Å². The van der Waals surface area contributed by atoms with Crippen LogP contribution in [0.5, 0.6) is 0 Å². The molecular formula is C16H16BrN5O2. The molecule has 0 fully saturated rings. The van der Waals surface area contributed by atoms with Crippen molar-refractivity contribution in [1.82, 2.24) is 25.2 Å². The van der Waals surface area contributed by atoms with Gasteiger partial charge in [-0.3, -0.25) is 9.48 Å². The lowest BCUT2D eigenvalue weighted by Crippen LogP contribution is -2.24. The third-order valence-electron chi connectivity index (χ3n) is 3.43. The molecule has 3 rings (SSSR count). The highest BCUT2D eigenvalue weighted by atomic mass is 79.9. The Kier molecular flexibility index (Phi) is 5.05. The average Bonchev–Trinajstić information content (AvgIpc) is 3.24. The standard InChI is InChI=1S/C16H16BrN5O2/c1-2-22-10-12(8-19-22)16-20-15(24-21-16)9-18-14(23)7-11-5-3-4-6-13(11)17/h3-6,8,10H,2,7,9H2,1H3,(H,18,23). The van der Waals surface area contributed by atoms with E-state index < -0.39 is 0 Å².